The van der Waals surface area contributed by atoms with Gasteiger partial charge in [0, 0.05) is 5.70 Å². The van der Waals surface area contributed by atoms with Crippen LogP contribution in [-0.4, -0.2) is 49.9 Å². The van der Waals surface area contributed by atoms with Crippen molar-refractivity contribution >= 4 is 18.2 Å². The topological polar surface area (TPSA) is 140 Å². The van der Waals surface area contributed by atoms with Crippen molar-refractivity contribution in [3.63, 3.8) is 0 Å². The normalized spacial score (nSPS) is 15.4. The number of carbonyl (C=O) groups excluding carboxylic acids is 2. The summed E-state index contributed by atoms with van der Waals surface area (Å²) in [7, 11) is 1.27. The molecule has 43 heavy (non-hydrogen) atoms. The molecule has 2 atom stereocenters. The average molecular weight is 593 g/mol. The Morgan fingerprint density at radius 3 is 2.51 bits per heavy atom. The predicted octanol–water partition coefficient (Wildman–Crippen LogP) is 3.93. The minimum atomic E-state index is -1.14. The monoisotopic (exact) mass is 592 g/mol. The van der Waals surface area contributed by atoms with Gasteiger partial charge in [-0.05, 0) is 79.1 Å². The van der Waals surface area contributed by atoms with Gasteiger partial charge in [-0.25, -0.2) is 14.0 Å². The highest BCUT2D eigenvalue weighted by Crippen LogP contribution is 2.35. The van der Waals surface area contributed by atoms with Crippen LogP contribution < -0.4 is 30.3 Å². The van der Waals surface area contributed by atoms with Crippen LogP contribution >= 0.6 is 0 Å². The number of hydrazone groups is 1. The Balaban J connectivity index is 1.32. The van der Waals surface area contributed by atoms with E-state index in [-0.39, 0.29) is 18.0 Å². The quantitative estimate of drug-likeness (QED) is 0.101. The van der Waals surface area contributed by atoms with Crippen LogP contribution in [0.3, 0.4) is 0 Å². The average Bonchev–Trinajstić information content (AvgIpc) is 3.00. The number of nitrogens with one attached hydrogen (secondary N) is 3. The summed E-state index contributed by atoms with van der Waals surface area (Å²) >= 11 is 0. The number of allylic oxidation sites excluding steroid dienone is 1. The fraction of sp³-hybridized carbons (Fsp3) is 0.258. The molecule has 1 heterocycles. The summed E-state index contributed by atoms with van der Waals surface area (Å²) in [5.41, 5.74) is 5.46. The third-order valence-corrected chi connectivity index (χ3v) is 6.31. The number of carbonyl (C=O) groups is 2. The Bertz CT molecular complexity index is 1480. The molecular weight excluding hydrogens is 559 g/mol. The number of benzene rings is 3. The van der Waals surface area contributed by atoms with Gasteiger partial charge in [0.15, 0.2) is 17.7 Å². The van der Waals surface area contributed by atoms with Crippen LogP contribution in [0.2, 0.25) is 0 Å². The summed E-state index contributed by atoms with van der Waals surface area (Å²) in [4.78, 5) is 24.5. The molecule has 0 spiro atoms. The molecule has 0 aromatic heterocycles. The smallest absolute Gasteiger partial charge is 0.337 e. The minimum Gasteiger partial charge on any atom is -0.490 e. The first-order valence-corrected chi connectivity index (χ1v) is 13.5. The highest BCUT2D eigenvalue weighted by molar-refractivity contribution is 5.95. The van der Waals surface area contributed by atoms with Gasteiger partial charge in [-0.3, -0.25) is 5.43 Å². The van der Waals surface area contributed by atoms with E-state index in [1.54, 1.807) is 61.5 Å². The van der Waals surface area contributed by atoms with E-state index in [0.29, 0.717) is 41.7 Å². The third kappa shape index (κ3) is 8.46. The van der Waals surface area contributed by atoms with Gasteiger partial charge < -0.3 is 34.7 Å². The van der Waals surface area contributed by atoms with Crippen molar-refractivity contribution in [2.75, 3.05) is 20.3 Å². The number of aliphatic hydroxyl groups is 1. The van der Waals surface area contributed by atoms with E-state index >= 15 is 0 Å². The summed E-state index contributed by atoms with van der Waals surface area (Å²) < 4.78 is 35.1. The Morgan fingerprint density at radius 1 is 1.07 bits per heavy atom. The second-order valence-electron chi connectivity index (χ2n) is 9.40. The fourth-order valence-corrected chi connectivity index (χ4v) is 4.22. The van der Waals surface area contributed by atoms with Crippen LogP contribution in [0.1, 0.15) is 36.6 Å². The zero-order valence-corrected chi connectivity index (χ0v) is 23.9. The molecule has 0 fully saturated rings. The van der Waals surface area contributed by atoms with Gasteiger partial charge in [0.2, 0.25) is 0 Å². The number of halogens is 1. The van der Waals surface area contributed by atoms with Crippen molar-refractivity contribution in [3.8, 4) is 17.2 Å². The molecule has 226 valence electrons. The molecule has 2 amide bonds. The number of hydrogen-bond donors (Lipinski definition) is 4. The summed E-state index contributed by atoms with van der Waals surface area (Å²) in [5.74, 6) is 0.499. The fourth-order valence-electron chi connectivity index (χ4n) is 4.22. The zero-order valence-electron chi connectivity index (χ0n) is 23.9. The van der Waals surface area contributed by atoms with Crippen LogP contribution in [0, 0.1) is 5.82 Å². The summed E-state index contributed by atoms with van der Waals surface area (Å²) in [6.07, 6.45) is 0.402. The molecule has 0 saturated carbocycles. The van der Waals surface area contributed by atoms with Crippen LogP contribution in [-0.2, 0) is 16.1 Å². The molecule has 11 nitrogen and oxygen atoms in total. The minimum absolute atomic E-state index is 0.149. The molecule has 3 aromatic carbocycles. The van der Waals surface area contributed by atoms with E-state index in [1.165, 1.54) is 25.5 Å². The molecule has 12 heteroatoms. The standard InChI is InChI=1S/C31H33FN4O7/c1-4-41-26-15-22(29-28(30(38)40-3)19(2)34-31(39)35-29)9-14-25(26)43-18-27(37)36-33-16-20-7-12-24(13-8-20)42-17-21-5-10-23(32)11-6-21/h5-16,27,29,36-37H,4,17-18H2,1-3H3,(H2,34,35,39)/b33-16-/t27-,29+/m1/s1. The van der Waals surface area contributed by atoms with Crippen LogP contribution in [0.15, 0.2) is 83.1 Å². The van der Waals surface area contributed by atoms with Gasteiger partial charge in [0.25, 0.3) is 0 Å². The third-order valence-electron chi connectivity index (χ3n) is 6.31. The molecule has 3 aromatic rings. The second-order valence-corrected chi connectivity index (χ2v) is 9.40. The Hall–Kier alpha value is -5.10. The van der Waals surface area contributed by atoms with Crippen molar-refractivity contribution in [1.29, 1.82) is 0 Å². The molecule has 4 rings (SSSR count). The van der Waals surface area contributed by atoms with Crippen molar-refractivity contribution in [3.05, 3.63) is 101 Å². The molecule has 0 unspecified atom stereocenters. The van der Waals surface area contributed by atoms with Crippen LogP contribution in [0.4, 0.5) is 9.18 Å². The molecule has 4 N–H and O–H groups in total. The number of urea groups is 1. The molecule has 0 radical (unpaired) electrons. The molecule has 0 saturated heterocycles. The van der Waals surface area contributed by atoms with Crippen molar-refractivity contribution in [2.45, 2.75) is 32.7 Å². The zero-order chi connectivity index (χ0) is 30.8. The molecular formula is C31H33FN4O7. The van der Waals surface area contributed by atoms with Gasteiger partial charge in [-0.1, -0.05) is 18.2 Å². The molecule has 0 bridgehead atoms. The van der Waals surface area contributed by atoms with E-state index in [4.69, 9.17) is 18.9 Å². The lowest BCUT2D eigenvalue weighted by molar-refractivity contribution is -0.136. The van der Waals surface area contributed by atoms with Crippen LogP contribution in [0.25, 0.3) is 0 Å². The number of aliphatic hydroxyl groups excluding tert-OH is 1. The van der Waals surface area contributed by atoms with Gasteiger partial charge in [-0.15, -0.1) is 0 Å². The Morgan fingerprint density at radius 2 is 1.81 bits per heavy atom. The van der Waals surface area contributed by atoms with Gasteiger partial charge in [0.1, 0.15) is 24.8 Å². The lowest BCUT2D eigenvalue weighted by Crippen LogP contribution is -2.45. The van der Waals surface area contributed by atoms with Crippen molar-refractivity contribution in [2.24, 2.45) is 5.10 Å². The lowest BCUT2D eigenvalue weighted by atomic mass is 9.95. The number of esters is 1. The SMILES string of the molecule is CCOc1cc([C@@H]2NC(=O)NC(C)=C2C(=O)OC)ccc1OC[C@@H](O)N/N=C\c1ccc(OCc2ccc(F)cc2)cc1. The van der Waals surface area contributed by atoms with E-state index in [1.807, 2.05) is 6.92 Å². The molecule has 1 aliphatic rings. The first-order chi connectivity index (χ1) is 20.8. The van der Waals surface area contributed by atoms with Gasteiger partial charge >= 0.3 is 12.0 Å². The van der Waals surface area contributed by atoms with Crippen molar-refractivity contribution in [1.82, 2.24) is 16.1 Å². The highest BCUT2D eigenvalue weighted by Gasteiger charge is 2.32. The number of rotatable bonds is 13. The van der Waals surface area contributed by atoms with Gasteiger partial charge in [0.05, 0.1) is 31.5 Å². The predicted molar refractivity (Wildman–Crippen MR) is 156 cm³/mol. The first-order valence-electron chi connectivity index (χ1n) is 13.5. The van der Waals surface area contributed by atoms with E-state index in [2.05, 4.69) is 21.2 Å². The summed E-state index contributed by atoms with van der Waals surface area (Å²) in [6.45, 7) is 3.93. The highest BCUT2D eigenvalue weighted by atomic mass is 19.1. The maximum atomic E-state index is 13.0. The maximum Gasteiger partial charge on any atom is 0.337 e. The lowest BCUT2D eigenvalue weighted by Gasteiger charge is -2.28. The van der Waals surface area contributed by atoms with E-state index in [9.17, 15) is 19.1 Å². The van der Waals surface area contributed by atoms with Gasteiger partial charge in [-0.2, -0.15) is 5.10 Å². The second kappa shape index (κ2) is 14.7. The summed E-state index contributed by atoms with van der Waals surface area (Å²) in [6, 6.07) is 17.1. The number of amides is 2. The number of methoxy groups -OCH3 is 1. The van der Waals surface area contributed by atoms with Crippen molar-refractivity contribution < 1.29 is 38.0 Å². The first kappa shape index (κ1) is 30.8. The van der Waals surface area contributed by atoms with E-state index in [0.717, 1.165) is 11.1 Å². The Labute approximate surface area is 248 Å². The largest absolute Gasteiger partial charge is 0.490 e. The van der Waals surface area contributed by atoms with Crippen LogP contribution in [0.5, 0.6) is 17.2 Å². The number of nitrogens with zero attached hydrogens (tertiary/aromatic N) is 1. The summed E-state index contributed by atoms with van der Waals surface area (Å²) in [5, 5.41) is 19.7. The molecule has 0 aliphatic carbocycles. The number of hydrogen-bond acceptors (Lipinski definition) is 9. The molecule has 1 aliphatic heterocycles. The Kier molecular flexibility index (Phi) is 10.5. The maximum absolute atomic E-state index is 13.0. The number of ether oxygens (including phenoxy) is 4. The van der Waals surface area contributed by atoms with E-state index < -0.39 is 24.3 Å².